The highest BCUT2D eigenvalue weighted by Crippen LogP contribution is 2.34. The monoisotopic (exact) mass is 264 g/mol. The molecule has 0 fully saturated rings. The number of benzene rings is 1. The Morgan fingerprint density at radius 1 is 1.26 bits per heavy atom. The molecule has 108 valence electrons. The van der Waals surface area contributed by atoms with Gasteiger partial charge in [-0.05, 0) is 30.2 Å². The second-order valence-electron chi connectivity index (χ2n) is 5.91. The van der Waals surface area contributed by atoms with Crippen LogP contribution in [0.2, 0.25) is 0 Å². The first-order valence-corrected chi connectivity index (χ1v) is 7.00. The van der Waals surface area contributed by atoms with Gasteiger partial charge >= 0.3 is 0 Å². The number of ether oxygens (including phenoxy) is 1. The Bertz CT molecular complexity index is 396. The van der Waals surface area contributed by atoms with Crippen LogP contribution in [0.3, 0.4) is 0 Å². The maximum atomic E-state index is 5.47. The second-order valence-corrected chi connectivity index (χ2v) is 5.91. The van der Waals surface area contributed by atoms with Crippen LogP contribution in [-0.2, 0) is 5.41 Å². The van der Waals surface area contributed by atoms with Crippen LogP contribution in [0.15, 0.2) is 18.2 Å². The van der Waals surface area contributed by atoms with Crippen LogP contribution in [-0.4, -0.2) is 33.8 Å². The molecule has 19 heavy (non-hydrogen) atoms. The number of rotatable bonds is 6. The van der Waals surface area contributed by atoms with E-state index in [-0.39, 0.29) is 5.41 Å². The Labute approximate surface area is 118 Å². The first-order chi connectivity index (χ1) is 8.90. The fourth-order valence-electron chi connectivity index (χ4n) is 2.07. The molecule has 3 nitrogen and oxygen atoms in total. The average Bonchev–Trinajstić information content (AvgIpc) is 2.37. The number of anilines is 1. The van der Waals surface area contributed by atoms with E-state index in [0.717, 1.165) is 25.4 Å². The fourth-order valence-corrected chi connectivity index (χ4v) is 2.07. The smallest absolute Gasteiger partial charge is 0.122 e. The lowest BCUT2D eigenvalue weighted by Crippen LogP contribution is -2.29. The maximum absolute atomic E-state index is 5.47. The average molecular weight is 264 g/mol. The molecule has 0 heterocycles. The number of hydrogen-bond acceptors (Lipinski definition) is 3. The van der Waals surface area contributed by atoms with Gasteiger partial charge in [-0.25, -0.2) is 0 Å². The first-order valence-electron chi connectivity index (χ1n) is 7.00. The minimum Gasteiger partial charge on any atom is -0.496 e. The largest absolute Gasteiger partial charge is 0.496 e. The molecule has 0 saturated carbocycles. The van der Waals surface area contributed by atoms with E-state index in [4.69, 9.17) is 4.74 Å². The minimum atomic E-state index is 0.0872. The first kappa shape index (κ1) is 15.8. The Balaban J connectivity index is 2.91. The molecule has 0 bridgehead atoms. The van der Waals surface area contributed by atoms with E-state index in [0.29, 0.717) is 0 Å². The Morgan fingerprint density at radius 3 is 2.47 bits per heavy atom. The second kappa shape index (κ2) is 6.80. The quantitative estimate of drug-likeness (QED) is 0.799. The molecular weight excluding hydrogens is 236 g/mol. The molecule has 0 saturated heterocycles. The van der Waals surface area contributed by atoms with E-state index in [1.165, 1.54) is 11.3 Å². The molecule has 0 aliphatic carbocycles. The summed E-state index contributed by atoms with van der Waals surface area (Å²) in [6, 6.07) is 6.43. The van der Waals surface area contributed by atoms with Crippen molar-refractivity contribution in [1.29, 1.82) is 0 Å². The zero-order valence-electron chi connectivity index (χ0n) is 13.2. The van der Waals surface area contributed by atoms with E-state index in [1.54, 1.807) is 7.11 Å². The van der Waals surface area contributed by atoms with Crippen LogP contribution in [0, 0.1) is 0 Å². The maximum Gasteiger partial charge on any atom is 0.122 e. The van der Waals surface area contributed by atoms with Crippen molar-refractivity contribution in [3.8, 4) is 5.75 Å². The summed E-state index contributed by atoms with van der Waals surface area (Å²) in [7, 11) is 3.87. The Hall–Kier alpha value is -1.22. The lowest BCUT2D eigenvalue weighted by Gasteiger charge is -2.26. The molecule has 1 N–H and O–H groups in total. The summed E-state index contributed by atoms with van der Waals surface area (Å²) in [5, 5.41) is 3.35. The molecule has 0 unspecified atom stereocenters. The number of nitrogens with one attached hydrogen (secondary N) is 1. The fraction of sp³-hybridized carbons (Fsp3) is 0.625. The molecule has 0 radical (unpaired) electrons. The molecule has 3 heteroatoms. The van der Waals surface area contributed by atoms with Crippen LogP contribution in [0.25, 0.3) is 0 Å². The summed E-state index contributed by atoms with van der Waals surface area (Å²) in [5.74, 6) is 0.969. The SMILES string of the molecule is CCNCCN(C)c1ccc(OC)c(C(C)(C)C)c1. The number of nitrogens with zero attached hydrogens (tertiary/aromatic N) is 1. The molecule has 1 aromatic rings. The van der Waals surface area contributed by atoms with Crippen molar-refractivity contribution < 1.29 is 4.74 Å². The molecule has 0 atom stereocenters. The zero-order chi connectivity index (χ0) is 14.5. The van der Waals surface area contributed by atoms with E-state index in [9.17, 15) is 0 Å². The van der Waals surface area contributed by atoms with E-state index < -0.39 is 0 Å². The Morgan fingerprint density at radius 2 is 1.95 bits per heavy atom. The van der Waals surface area contributed by atoms with E-state index >= 15 is 0 Å². The van der Waals surface area contributed by atoms with E-state index in [2.05, 4.69) is 63.2 Å². The van der Waals surface area contributed by atoms with Crippen LogP contribution in [0.4, 0.5) is 5.69 Å². The molecule has 0 aromatic heterocycles. The standard InChI is InChI=1S/C16H28N2O/c1-7-17-10-11-18(5)13-8-9-15(19-6)14(12-13)16(2,3)4/h8-9,12,17H,7,10-11H2,1-6H3. The van der Waals surface area contributed by atoms with Crippen LogP contribution >= 0.6 is 0 Å². The summed E-state index contributed by atoms with van der Waals surface area (Å²) < 4.78 is 5.47. The molecule has 1 rings (SSSR count). The lowest BCUT2D eigenvalue weighted by molar-refractivity contribution is 0.397. The third-order valence-electron chi connectivity index (χ3n) is 3.31. The molecular formula is C16H28N2O. The zero-order valence-corrected chi connectivity index (χ0v) is 13.2. The summed E-state index contributed by atoms with van der Waals surface area (Å²) in [6.45, 7) is 11.8. The van der Waals surface area contributed by atoms with Crippen molar-refractivity contribution in [3.05, 3.63) is 23.8 Å². The van der Waals surface area contributed by atoms with Gasteiger partial charge in [-0.2, -0.15) is 0 Å². The number of hydrogen-bond donors (Lipinski definition) is 1. The summed E-state index contributed by atoms with van der Waals surface area (Å²) >= 11 is 0. The van der Waals surface area contributed by atoms with Crippen molar-refractivity contribution in [1.82, 2.24) is 5.32 Å². The predicted octanol–water partition coefficient (Wildman–Crippen LogP) is 3.04. The third kappa shape index (κ3) is 4.43. The van der Waals surface area contributed by atoms with Crippen molar-refractivity contribution in [2.75, 3.05) is 38.7 Å². The molecule has 0 aliphatic rings. The van der Waals surface area contributed by atoms with Gasteiger partial charge in [-0.1, -0.05) is 27.7 Å². The highest BCUT2D eigenvalue weighted by molar-refractivity contribution is 5.54. The van der Waals surface area contributed by atoms with Crippen LogP contribution < -0.4 is 15.0 Å². The van der Waals surface area contributed by atoms with Gasteiger partial charge in [0.25, 0.3) is 0 Å². The lowest BCUT2D eigenvalue weighted by atomic mass is 9.86. The minimum absolute atomic E-state index is 0.0872. The van der Waals surface area contributed by atoms with Gasteiger partial charge in [-0.3, -0.25) is 0 Å². The van der Waals surface area contributed by atoms with Crippen LogP contribution in [0.1, 0.15) is 33.3 Å². The van der Waals surface area contributed by atoms with Crippen molar-refractivity contribution >= 4 is 5.69 Å². The van der Waals surface area contributed by atoms with Crippen molar-refractivity contribution in [2.24, 2.45) is 0 Å². The Kier molecular flexibility index (Phi) is 5.67. The van der Waals surface area contributed by atoms with Gasteiger partial charge < -0.3 is 15.0 Å². The highest BCUT2D eigenvalue weighted by atomic mass is 16.5. The summed E-state index contributed by atoms with van der Waals surface area (Å²) in [4.78, 5) is 2.28. The molecule has 0 amide bonds. The van der Waals surface area contributed by atoms with Gasteiger partial charge in [0.2, 0.25) is 0 Å². The topological polar surface area (TPSA) is 24.5 Å². The molecule has 1 aromatic carbocycles. The van der Waals surface area contributed by atoms with Gasteiger partial charge in [0, 0.05) is 31.4 Å². The van der Waals surface area contributed by atoms with Crippen molar-refractivity contribution in [2.45, 2.75) is 33.1 Å². The molecule has 0 aliphatic heterocycles. The number of methoxy groups -OCH3 is 1. The highest BCUT2D eigenvalue weighted by Gasteiger charge is 2.19. The van der Waals surface area contributed by atoms with Gasteiger partial charge in [0.1, 0.15) is 5.75 Å². The van der Waals surface area contributed by atoms with E-state index in [1.807, 2.05) is 0 Å². The normalized spacial score (nSPS) is 11.5. The van der Waals surface area contributed by atoms with Crippen LogP contribution in [0.5, 0.6) is 5.75 Å². The molecule has 0 spiro atoms. The predicted molar refractivity (Wildman–Crippen MR) is 83.5 cm³/mol. The number of likely N-dealkylation sites (N-methyl/N-ethyl adjacent to an activating group) is 2. The van der Waals surface area contributed by atoms with Gasteiger partial charge in [0.05, 0.1) is 7.11 Å². The third-order valence-corrected chi connectivity index (χ3v) is 3.31. The van der Waals surface area contributed by atoms with Gasteiger partial charge in [-0.15, -0.1) is 0 Å². The summed E-state index contributed by atoms with van der Waals surface area (Å²) in [5.41, 5.74) is 2.58. The van der Waals surface area contributed by atoms with Gasteiger partial charge in [0.15, 0.2) is 0 Å². The summed E-state index contributed by atoms with van der Waals surface area (Å²) in [6.07, 6.45) is 0. The van der Waals surface area contributed by atoms with Crippen molar-refractivity contribution in [3.63, 3.8) is 0 Å².